The molecule has 0 aliphatic rings. The Balaban J connectivity index is 1.52. The molecule has 11 heteroatoms. The van der Waals surface area contributed by atoms with Crippen LogP contribution in [0, 0.1) is 6.92 Å². The molecule has 2 aromatic heterocycles. The normalized spacial score (nSPS) is 11.4. The molecule has 0 saturated heterocycles. The second-order valence-electron chi connectivity index (χ2n) is 6.90. The van der Waals surface area contributed by atoms with Gasteiger partial charge in [-0.15, -0.1) is 11.3 Å². The molecule has 4 rings (SSSR count). The Morgan fingerprint density at radius 3 is 2.64 bits per heavy atom. The summed E-state index contributed by atoms with van der Waals surface area (Å²) in [5, 5.41) is 7.39. The fourth-order valence-electron chi connectivity index (χ4n) is 3.02. The Bertz CT molecular complexity index is 1270. The van der Waals surface area contributed by atoms with Gasteiger partial charge in [0.2, 0.25) is 0 Å². The van der Waals surface area contributed by atoms with Crippen molar-refractivity contribution < 1.29 is 22.7 Å². The second kappa shape index (κ2) is 9.24. The Labute approximate surface area is 195 Å². The topological polar surface area (TPSA) is 69.0 Å². The van der Waals surface area contributed by atoms with Crippen molar-refractivity contribution in [1.29, 1.82) is 0 Å². The van der Waals surface area contributed by atoms with Crippen molar-refractivity contribution in [2.75, 3.05) is 5.32 Å². The monoisotopic (exact) mass is 492 g/mol. The van der Waals surface area contributed by atoms with E-state index in [2.05, 4.69) is 15.4 Å². The third-order valence-corrected chi connectivity index (χ3v) is 5.93. The standard InChI is InChI=1S/C22H16ClF3N4O2S/c1-13-20(33-19(28-13)12-32-16-6-3-14(23)4-7-16)21(31)29-18-8-5-15(30-10-2-9-27-30)11-17(18)22(24,25)26/h2-11H,12H2,1H3,(H,29,31). The first-order valence-electron chi connectivity index (χ1n) is 9.58. The minimum absolute atomic E-state index is 0.104. The maximum atomic E-state index is 13.7. The van der Waals surface area contributed by atoms with Gasteiger partial charge in [-0.3, -0.25) is 4.79 Å². The summed E-state index contributed by atoms with van der Waals surface area (Å²) < 4.78 is 48.0. The molecule has 1 N–H and O–H groups in total. The number of halogens is 4. The third-order valence-electron chi connectivity index (χ3n) is 4.55. The summed E-state index contributed by atoms with van der Waals surface area (Å²) in [6.07, 6.45) is -1.68. The molecule has 1 amide bonds. The molecule has 6 nitrogen and oxygen atoms in total. The van der Waals surface area contributed by atoms with Crippen LogP contribution in [0.5, 0.6) is 5.75 Å². The van der Waals surface area contributed by atoms with Crippen LogP contribution in [0.1, 0.15) is 25.9 Å². The first-order valence-corrected chi connectivity index (χ1v) is 10.8. The first-order chi connectivity index (χ1) is 15.7. The number of thiazole rings is 1. The Kier molecular flexibility index (Phi) is 6.39. The molecule has 0 aliphatic carbocycles. The average molecular weight is 493 g/mol. The molecule has 0 atom stereocenters. The molecule has 0 fully saturated rings. The van der Waals surface area contributed by atoms with Gasteiger partial charge in [-0.1, -0.05) is 11.6 Å². The van der Waals surface area contributed by atoms with Crippen molar-refractivity contribution in [3.63, 3.8) is 0 Å². The van der Waals surface area contributed by atoms with Gasteiger partial charge in [0.05, 0.1) is 22.6 Å². The van der Waals surface area contributed by atoms with Crippen LogP contribution in [0.25, 0.3) is 5.69 Å². The highest BCUT2D eigenvalue weighted by Gasteiger charge is 2.35. The minimum atomic E-state index is -4.67. The van der Waals surface area contributed by atoms with Gasteiger partial charge in [-0.2, -0.15) is 18.3 Å². The quantitative estimate of drug-likeness (QED) is 0.351. The lowest BCUT2D eigenvalue weighted by Gasteiger charge is -2.15. The lowest BCUT2D eigenvalue weighted by atomic mass is 10.1. The number of hydrogen-bond donors (Lipinski definition) is 1. The van der Waals surface area contributed by atoms with Crippen LogP contribution in [0.4, 0.5) is 18.9 Å². The van der Waals surface area contributed by atoms with Crippen LogP contribution >= 0.6 is 22.9 Å². The zero-order valence-electron chi connectivity index (χ0n) is 17.1. The highest BCUT2D eigenvalue weighted by Crippen LogP contribution is 2.36. The number of nitrogens with one attached hydrogen (secondary N) is 1. The zero-order chi connectivity index (χ0) is 23.6. The smallest absolute Gasteiger partial charge is 0.418 e. The number of carbonyl (C=O) groups excluding carboxylic acids is 1. The van der Waals surface area contributed by atoms with Crippen LogP contribution in [0.15, 0.2) is 60.9 Å². The van der Waals surface area contributed by atoms with Gasteiger partial charge in [0.25, 0.3) is 5.91 Å². The van der Waals surface area contributed by atoms with E-state index in [1.165, 1.54) is 29.2 Å². The maximum absolute atomic E-state index is 13.7. The zero-order valence-corrected chi connectivity index (χ0v) is 18.6. The van der Waals surface area contributed by atoms with Crippen molar-refractivity contribution >= 4 is 34.5 Å². The minimum Gasteiger partial charge on any atom is -0.486 e. The van der Waals surface area contributed by atoms with Gasteiger partial charge in [-0.25, -0.2) is 9.67 Å². The number of amides is 1. The van der Waals surface area contributed by atoms with Gasteiger partial charge < -0.3 is 10.1 Å². The van der Waals surface area contributed by atoms with Gasteiger partial charge in [0.15, 0.2) is 0 Å². The summed E-state index contributed by atoms with van der Waals surface area (Å²) >= 11 is 6.90. The Morgan fingerprint density at radius 1 is 1.21 bits per heavy atom. The molecule has 2 heterocycles. The van der Waals surface area contributed by atoms with E-state index in [1.54, 1.807) is 37.3 Å². The Morgan fingerprint density at radius 2 is 1.97 bits per heavy atom. The number of alkyl halides is 3. The van der Waals surface area contributed by atoms with Crippen LogP contribution in [0.3, 0.4) is 0 Å². The van der Waals surface area contributed by atoms with Crippen LogP contribution in [-0.2, 0) is 12.8 Å². The SMILES string of the molecule is Cc1nc(COc2ccc(Cl)cc2)sc1C(=O)Nc1ccc(-n2cccn2)cc1C(F)(F)F. The van der Waals surface area contributed by atoms with Gasteiger partial charge in [0.1, 0.15) is 22.2 Å². The van der Waals surface area contributed by atoms with Crippen LogP contribution < -0.4 is 10.1 Å². The van der Waals surface area contributed by atoms with E-state index in [4.69, 9.17) is 16.3 Å². The molecule has 0 radical (unpaired) electrons. The molecule has 2 aromatic carbocycles. The summed E-state index contributed by atoms with van der Waals surface area (Å²) in [5.41, 5.74) is -0.706. The summed E-state index contributed by atoms with van der Waals surface area (Å²) in [7, 11) is 0. The molecule has 0 spiro atoms. The number of anilines is 1. The maximum Gasteiger partial charge on any atom is 0.418 e. The molecular weight excluding hydrogens is 477 g/mol. The third kappa shape index (κ3) is 5.35. The summed E-state index contributed by atoms with van der Waals surface area (Å²) in [6, 6.07) is 11.9. The molecule has 0 saturated carbocycles. The number of hydrogen-bond acceptors (Lipinski definition) is 5. The van der Waals surface area contributed by atoms with E-state index < -0.39 is 17.6 Å². The number of aromatic nitrogens is 3. The second-order valence-corrected chi connectivity index (χ2v) is 8.42. The van der Waals surface area contributed by atoms with Crippen molar-refractivity contribution in [2.24, 2.45) is 0 Å². The number of aryl methyl sites for hydroxylation is 1. The summed E-state index contributed by atoms with van der Waals surface area (Å²) in [4.78, 5) is 17.3. The molecule has 0 bridgehead atoms. The lowest BCUT2D eigenvalue weighted by Crippen LogP contribution is -2.17. The Hall–Kier alpha value is -3.37. The molecule has 4 aromatic rings. The fourth-order valence-corrected chi connectivity index (χ4v) is 4.02. The van der Waals surface area contributed by atoms with E-state index in [0.717, 1.165) is 17.4 Å². The van der Waals surface area contributed by atoms with Crippen molar-refractivity contribution in [2.45, 2.75) is 19.7 Å². The predicted molar refractivity (Wildman–Crippen MR) is 119 cm³/mol. The summed E-state index contributed by atoms with van der Waals surface area (Å²) in [5.74, 6) is -0.106. The van der Waals surface area contributed by atoms with Gasteiger partial charge in [0, 0.05) is 17.4 Å². The van der Waals surface area contributed by atoms with E-state index in [9.17, 15) is 18.0 Å². The van der Waals surface area contributed by atoms with Gasteiger partial charge in [-0.05, 0) is 55.5 Å². The van der Waals surface area contributed by atoms with Crippen LogP contribution in [0.2, 0.25) is 5.02 Å². The molecule has 170 valence electrons. The summed E-state index contributed by atoms with van der Waals surface area (Å²) in [6.45, 7) is 1.72. The van der Waals surface area contributed by atoms with E-state index in [1.807, 2.05) is 0 Å². The van der Waals surface area contributed by atoms with E-state index >= 15 is 0 Å². The fraction of sp³-hybridized carbons (Fsp3) is 0.136. The molecule has 0 unspecified atom stereocenters. The number of ether oxygens (including phenoxy) is 1. The molecule has 0 aliphatic heterocycles. The van der Waals surface area contributed by atoms with Gasteiger partial charge >= 0.3 is 6.18 Å². The van der Waals surface area contributed by atoms with E-state index in [0.29, 0.717) is 21.5 Å². The largest absolute Gasteiger partial charge is 0.486 e. The number of rotatable bonds is 6. The van der Waals surface area contributed by atoms with Crippen molar-refractivity contribution in [1.82, 2.24) is 14.8 Å². The average Bonchev–Trinajstić information content (AvgIpc) is 3.43. The highest BCUT2D eigenvalue weighted by molar-refractivity contribution is 7.13. The number of benzene rings is 2. The lowest BCUT2D eigenvalue weighted by molar-refractivity contribution is -0.136. The van der Waals surface area contributed by atoms with Crippen LogP contribution in [-0.4, -0.2) is 20.7 Å². The highest BCUT2D eigenvalue weighted by atomic mass is 35.5. The van der Waals surface area contributed by atoms with Crippen molar-refractivity contribution in [3.8, 4) is 11.4 Å². The number of nitrogens with zero attached hydrogens (tertiary/aromatic N) is 3. The van der Waals surface area contributed by atoms with E-state index in [-0.39, 0.29) is 22.9 Å². The van der Waals surface area contributed by atoms with Crippen molar-refractivity contribution in [3.05, 3.63) is 87.1 Å². The first kappa shape index (κ1) is 22.8. The molecule has 33 heavy (non-hydrogen) atoms. The number of carbonyl (C=O) groups is 1. The predicted octanol–water partition coefficient (Wildman–Crippen LogP) is 6.14. The molecular formula is C22H16ClF3N4O2S.